The molecule has 1 heterocycles. The first-order valence-electron chi connectivity index (χ1n) is 4.27. The van der Waals surface area contributed by atoms with Crippen molar-refractivity contribution in [2.24, 2.45) is 0 Å². The van der Waals surface area contributed by atoms with E-state index >= 15 is 0 Å². The van der Waals surface area contributed by atoms with Crippen molar-refractivity contribution in [1.29, 1.82) is 0 Å². The summed E-state index contributed by atoms with van der Waals surface area (Å²) in [6.45, 7) is 6.16. The van der Waals surface area contributed by atoms with Crippen LogP contribution in [-0.2, 0) is 4.74 Å². The number of aliphatic hydroxyl groups excluding tert-OH is 1. The predicted octanol–water partition coefficient (Wildman–Crippen LogP) is 0.0895. The maximum Gasteiger partial charge on any atom is 0.0619 e. The summed E-state index contributed by atoms with van der Waals surface area (Å²) < 4.78 is 5.29. The van der Waals surface area contributed by atoms with E-state index in [9.17, 15) is 0 Å². The second kappa shape index (κ2) is 4.70. The maximum atomic E-state index is 8.63. The molecule has 11 heavy (non-hydrogen) atoms. The molecule has 0 aromatic carbocycles. The van der Waals surface area contributed by atoms with Gasteiger partial charge in [-0.25, -0.2) is 0 Å². The van der Waals surface area contributed by atoms with Gasteiger partial charge in [0.2, 0.25) is 0 Å². The second-order valence-electron chi connectivity index (χ2n) is 3.04. The van der Waals surface area contributed by atoms with E-state index in [-0.39, 0.29) is 0 Å². The van der Waals surface area contributed by atoms with Crippen molar-refractivity contribution in [2.75, 3.05) is 32.9 Å². The molecule has 1 N–H and O–H groups in total. The Morgan fingerprint density at radius 2 is 2.45 bits per heavy atom. The Hall–Kier alpha value is -0.120. The molecule has 1 rings (SSSR count). The number of rotatable bonds is 3. The fourth-order valence-electron chi connectivity index (χ4n) is 1.37. The van der Waals surface area contributed by atoms with Crippen LogP contribution >= 0.6 is 0 Å². The van der Waals surface area contributed by atoms with Crippen LogP contribution in [0.15, 0.2) is 0 Å². The fraction of sp³-hybridized carbons (Fsp3) is 1.00. The van der Waals surface area contributed by atoms with Crippen molar-refractivity contribution in [1.82, 2.24) is 4.90 Å². The van der Waals surface area contributed by atoms with Crippen molar-refractivity contribution < 1.29 is 9.84 Å². The van der Waals surface area contributed by atoms with E-state index < -0.39 is 0 Å². The van der Waals surface area contributed by atoms with Crippen molar-refractivity contribution in [3.8, 4) is 0 Å². The highest BCUT2D eigenvalue weighted by Crippen LogP contribution is 2.05. The molecule has 0 amide bonds. The second-order valence-corrected chi connectivity index (χ2v) is 3.04. The monoisotopic (exact) mass is 159 g/mol. The highest BCUT2D eigenvalue weighted by molar-refractivity contribution is 4.70. The van der Waals surface area contributed by atoms with E-state index in [2.05, 4.69) is 11.8 Å². The van der Waals surface area contributed by atoms with E-state index in [0.29, 0.717) is 12.6 Å². The van der Waals surface area contributed by atoms with Gasteiger partial charge in [0.25, 0.3) is 0 Å². The van der Waals surface area contributed by atoms with Gasteiger partial charge in [0.05, 0.1) is 13.2 Å². The average molecular weight is 159 g/mol. The summed E-state index contributed by atoms with van der Waals surface area (Å²) in [6, 6.07) is 0.523. The minimum Gasteiger partial charge on any atom is -0.396 e. The Morgan fingerprint density at radius 1 is 1.64 bits per heavy atom. The molecule has 1 aliphatic heterocycles. The van der Waals surface area contributed by atoms with Crippen LogP contribution < -0.4 is 0 Å². The summed E-state index contributed by atoms with van der Waals surface area (Å²) in [4.78, 5) is 2.36. The van der Waals surface area contributed by atoms with Crippen LogP contribution in [0, 0.1) is 0 Å². The summed E-state index contributed by atoms with van der Waals surface area (Å²) in [5.41, 5.74) is 0. The van der Waals surface area contributed by atoms with Gasteiger partial charge in [-0.3, -0.25) is 4.90 Å². The Labute approximate surface area is 68.0 Å². The van der Waals surface area contributed by atoms with Crippen LogP contribution in [-0.4, -0.2) is 49.0 Å². The first-order chi connectivity index (χ1) is 5.34. The van der Waals surface area contributed by atoms with E-state index in [1.54, 1.807) is 0 Å². The summed E-state index contributed by atoms with van der Waals surface area (Å²) in [5.74, 6) is 0. The van der Waals surface area contributed by atoms with Crippen LogP contribution in [0.4, 0.5) is 0 Å². The number of ether oxygens (including phenoxy) is 1. The van der Waals surface area contributed by atoms with Gasteiger partial charge < -0.3 is 9.84 Å². The van der Waals surface area contributed by atoms with Gasteiger partial charge in [-0.1, -0.05) is 0 Å². The lowest BCUT2D eigenvalue weighted by molar-refractivity contribution is -0.00238. The van der Waals surface area contributed by atoms with E-state index in [4.69, 9.17) is 9.84 Å². The molecular formula is C8H17NO2. The normalized spacial score (nSPS) is 27.3. The third kappa shape index (κ3) is 2.77. The third-order valence-electron chi connectivity index (χ3n) is 2.11. The molecule has 0 aliphatic carbocycles. The van der Waals surface area contributed by atoms with Crippen molar-refractivity contribution >= 4 is 0 Å². The van der Waals surface area contributed by atoms with Gasteiger partial charge in [-0.05, 0) is 13.3 Å². The zero-order valence-electron chi connectivity index (χ0n) is 7.12. The molecule has 1 fully saturated rings. The summed E-state index contributed by atoms with van der Waals surface area (Å²) in [6.07, 6.45) is 0.879. The van der Waals surface area contributed by atoms with E-state index in [1.165, 1.54) is 0 Å². The van der Waals surface area contributed by atoms with Crippen LogP contribution in [0.1, 0.15) is 13.3 Å². The molecular weight excluding hydrogens is 142 g/mol. The number of hydrogen-bond donors (Lipinski definition) is 1. The van der Waals surface area contributed by atoms with Gasteiger partial charge in [0.1, 0.15) is 0 Å². The summed E-state index contributed by atoms with van der Waals surface area (Å²) in [5, 5.41) is 8.63. The highest BCUT2D eigenvalue weighted by Gasteiger charge is 2.17. The Morgan fingerprint density at radius 3 is 3.09 bits per heavy atom. The SMILES string of the molecule is C[C@H]1COCCN1CCCO. The molecule has 3 nitrogen and oxygen atoms in total. The van der Waals surface area contributed by atoms with Crippen LogP contribution in [0.5, 0.6) is 0 Å². The molecule has 0 spiro atoms. The van der Waals surface area contributed by atoms with Gasteiger partial charge in [0.15, 0.2) is 0 Å². The quantitative estimate of drug-likeness (QED) is 0.633. The van der Waals surface area contributed by atoms with E-state index in [1.807, 2.05) is 0 Å². The zero-order valence-corrected chi connectivity index (χ0v) is 7.12. The number of nitrogens with zero attached hydrogens (tertiary/aromatic N) is 1. The van der Waals surface area contributed by atoms with Crippen LogP contribution in [0.3, 0.4) is 0 Å². The predicted molar refractivity (Wildman–Crippen MR) is 43.6 cm³/mol. The average Bonchev–Trinajstić information content (AvgIpc) is 2.03. The summed E-state index contributed by atoms with van der Waals surface area (Å²) >= 11 is 0. The van der Waals surface area contributed by atoms with Gasteiger partial charge >= 0.3 is 0 Å². The molecule has 0 bridgehead atoms. The lowest BCUT2D eigenvalue weighted by Crippen LogP contribution is -2.44. The topological polar surface area (TPSA) is 32.7 Å². The van der Waals surface area contributed by atoms with Crippen LogP contribution in [0.25, 0.3) is 0 Å². The number of aliphatic hydroxyl groups is 1. The molecule has 0 radical (unpaired) electrons. The van der Waals surface area contributed by atoms with Gasteiger partial charge in [-0.15, -0.1) is 0 Å². The van der Waals surface area contributed by atoms with Crippen LogP contribution in [0.2, 0.25) is 0 Å². The highest BCUT2D eigenvalue weighted by atomic mass is 16.5. The molecule has 0 aromatic rings. The third-order valence-corrected chi connectivity index (χ3v) is 2.11. The smallest absolute Gasteiger partial charge is 0.0619 e. The van der Waals surface area contributed by atoms with Gasteiger partial charge in [-0.2, -0.15) is 0 Å². The fourth-order valence-corrected chi connectivity index (χ4v) is 1.37. The minimum atomic E-state index is 0.296. The van der Waals surface area contributed by atoms with Gasteiger partial charge in [0, 0.05) is 25.7 Å². The lowest BCUT2D eigenvalue weighted by atomic mass is 10.2. The lowest BCUT2D eigenvalue weighted by Gasteiger charge is -2.32. The van der Waals surface area contributed by atoms with E-state index in [0.717, 1.165) is 32.7 Å². The van der Waals surface area contributed by atoms with Crippen molar-refractivity contribution in [2.45, 2.75) is 19.4 Å². The Bertz CT molecular complexity index is 108. The maximum absolute atomic E-state index is 8.63. The zero-order chi connectivity index (χ0) is 8.10. The number of morpholine rings is 1. The molecule has 3 heteroatoms. The Kier molecular flexibility index (Phi) is 3.83. The largest absolute Gasteiger partial charge is 0.396 e. The molecule has 0 aromatic heterocycles. The first-order valence-corrected chi connectivity index (χ1v) is 4.27. The molecule has 1 atom stereocenters. The standard InChI is InChI=1S/C8H17NO2/c1-8-7-11-6-4-9(8)3-2-5-10/h8,10H,2-7H2,1H3/t8-/m0/s1. The molecule has 1 aliphatic rings. The molecule has 0 unspecified atom stereocenters. The molecule has 66 valence electrons. The number of hydrogen-bond acceptors (Lipinski definition) is 3. The summed E-state index contributed by atoms with van der Waals surface area (Å²) in [7, 11) is 0. The van der Waals surface area contributed by atoms with Crippen molar-refractivity contribution in [3.05, 3.63) is 0 Å². The molecule has 1 saturated heterocycles. The molecule has 0 saturated carbocycles. The minimum absolute atomic E-state index is 0.296. The van der Waals surface area contributed by atoms with Crippen molar-refractivity contribution in [3.63, 3.8) is 0 Å². The first kappa shape index (κ1) is 8.97. The Balaban J connectivity index is 2.18.